The zero-order valence-corrected chi connectivity index (χ0v) is 13.9. The van der Waals surface area contributed by atoms with Gasteiger partial charge < -0.3 is 10.0 Å². The van der Waals surface area contributed by atoms with Crippen molar-refractivity contribution in [3.63, 3.8) is 0 Å². The SMILES string of the molecule is CC1(C)[C@H](C(=O)O)[C@@H]1C(=O)N1CCC(Cc2ccccc2)CC1. The maximum absolute atomic E-state index is 12.6. The average molecular weight is 315 g/mol. The molecule has 4 nitrogen and oxygen atoms in total. The zero-order chi connectivity index (χ0) is 16.6. The van der Waals surface area contributed by atoms with Crippen LogP contribution in [0.4, 0.5) is 0 Å². The molecule has 0 aromatic heterocycles. The molecule has 1 aliphatic carbocycles. The average Bonchev–Trinajstić information content (AvgIpc) is 3.11. The van der Waals surface area contributed by atoms with Crippen LogP contribution >= 0.6 is 0 Å². The Hall–Kier alpha value is -1.84. The number of piperidine rings is 1. The van der Waals surface area contributed by atoms with E-state index < -0.39 is 17.3 Å². The Morgan fingerprint density at radius 3 is 2.26 bits per heavy atom. The van der Waals surface area contributed by atoms with E-state index in [0.717, 1.165) is 32.4 Å². The van der Waals surface area contributed by atoms with Crippen LogP contribution in [0.1, 0.15) is 32.3 Å². The maximum Gasteiger partial charge on any atom is 0.307 e. The number of hydrogen-bond donors (Lipinski definition) is 1. The Balaban J connectivity index is 1.53. The molecular formula is C19H25NO3. The Labute approximate surface area is 137 Å². The topological polar surface area (TPSA) is 57.6 Å². The van der Waals surface area contributed by atoms with Crippen LogP contribution in [0.5, 0.6) is 0 Å². The molecule has 4 heteroatoms. The molecule has 1 aliphatic heterocycles. The Kier molecular flexibility index (Phi) is 4.17. The molecule has 2 aliphatic rings. The first kappa shape index (κ1) is 16.0. The first-order chi connectivity index (χ1) is 10.9. The third-order valence-corrected chi connectivity index (χ3v) is 5.65. The summed E-state index contributed by atoms with van der Waals surface area (Å²) in [6.07, 6.45) is 3.08. The lowest BCUT2D eigenvalue weighted by molar-refractivity contribution is -0.142. The highest BCUT2D eigenvalue weighted by Crippen LogP contribution is 2.59. The van der Waals surface area contributed by atoms with E-state index in [1.54, 1.807) is 0 Å². The van der Waals surface area contributed by atoms with Gasteiger partial charge in [-0.1, -0.05) is 44.2 Å². The van der Waals surface area contributed by atoms with Crippen molar-refractivity contribution in [2.24, 2.45) is 23.2 Å². The quantitative estimate of drug-likeness (QED) is 0.929. The molecular weight excluding hydrogens is 290 g/mol. The summed E-state index contributed by atoms with van der Waals surface area (Å²) >= 11 is 0. The number of hydrogen-bond acceptors (Lipinski definition) is 2. The molecule has 3 rings (SSSR count). The number of carbonyl (C=O) groups excluding carboxylic acids is 1. The van der Waals surface area contributed by atoms with Crippen LogP contribution in [0.15, 0.2) is 30.3 Å². The Morgan fingerprint density at radius 2 is 1.74 bits per heavy atom. The van der Waals surface area contributed by atoms with Gasteiger partial charge >= 0.3 is 5.97 Å². The molecule has 1 aromatic carbocycles. The van der Waals surface area contributed by atoms with E-state index in [9.17, 15) is 14.7 Å². The molecule has 1 heterocycles. The summed E-state index contributed by atoms with van der Waals surface area (Å²) in [6.45, 7) is 5.29. The molecule has 1 N–H and O–H groups in total. The Morgan fingerprint density at radius 1 is 1.13 bits per heavy atom. The number of amides is 1. The second kappa shape index (κ2) is 5.99. The van der Waals surface area contributed by atoms with Crippen LogP contribution in [-0.2, 0) is 16.0 Å². The van der Waals surface area contributed by atoms with Crippen molar-refractivity contribution in [3.8, 4) is 0 Å². The summed E-state index contributed by atoms with van der Waals surface area (Å²) in [5.74, 6) is -1.04. The first-order valence-corrected chi connectivity index (χ1v) is 8.46. The lowest BCUT2D eigenvalue weighted by Gasteiger charge is -2.32. The summed E-state index contributed by atoms with van der Waals surface area (Å²) < 4.78 is 0. The summed E-state index contributed by atoms with van der Waals surface area (Å²) in [5.41, 5.74) is 0.954. The maximum atomic E-state index is 12.6. The number of benzene rings is 1. The van der Waals surface area contributed by atoms with Crippen molar-refractivity contribution in [2.75, 3.05) is 13.1 Å². The number of rotatable bonds is 4. The van der Waals surface area contributed by atoms with Crippen LogP contribution in [0, 0.1) is 23.2 Å². The molecule has 1 saturated heterocycles. The fraction of sp³-hybridized carbons (Fsp3) is 0.579. The van der Waals surface area contributed by atoms with E-state index in [4.69, 9.17) is 0 Å². The number of nitrogens with zero attached hydrogens (tertiary/aromatic N) is 1. The van der Waals surface area contributed by atoms with Crippen LogP contribution in [0.3, 0.4) is 0 Å². The molecule has 0 radical (unpaired) electrons. The highest BCUT2D eigenvalue weighted by molar-refractivity contribution is 5.91. The molecule has 2 fully saturated rings. The second-order valence-corrected chi connectivity index (χ2v) is 7.57. The van der Waals surface area contributed by atoms with Crippen LogP contribution in [-0.4, -0.2) is 35.0 Å². The van der Waals surface area contributed by atoms with Gasteiger partial charge in [0.15, 0.2) is 0 Å². The third kappa shape index (κ3) is 3.12. The van der Waals surface area contributed by atoms with Crippen molar-refractivity contribution >= 4 is 11.9 Å². The smallest absolute Gasteiger partial charge is 0.307 e. The Bertz CT molecular complexity index is 588. The normalized spacial score (nSPS) is 26.8. The van der Waals surface area contributed by atoms with Crippen molar-refractivity contribution < 1.29 is 14.7 Å². The number of aliphatic carboxylic acids is 1. The number of carboxylic acids is 1. The predicted molar refractivity (Wildman–Crippen MR) is 87.8 cm³/mol. The van der Waals surface area contributed by atoms with Crippen molar-refractivity contribution in [2.45, 2.75) is 33.1 Å². The van der Waals surface area contributed by atoms with Crippen LogP contribution < -0.4 is 0 Å². The van der Waals surface area contributed by atoms with Crippen LogP contribution in [0.25, 0.3) is 0 Å². The predicted octanol–water partition coefficient (Wildman–Crippen LogP) is 2.82. The van der Waals surface area contributed by atoms with Gasteiger partial charge in [0.1, 0.15) is 0 Å². The van der Waals surface area contributed by atoms with E-state index >= 15 is 0 Å². The second-order valence-electron chi connectivity index (χ2n) is 7.57. The number of carboxylic acid groups (broad SMARTS) is 1. The minimum atomic E-state index is -0.840. The zero-order valence-electron chi connectivity index (χ0n) is 13.9. The fourth-order valence-corrected chi connectivity index (χ4v) is 4.06. The van der Waals surface area contributed by atoms with Crippen molar-refractivity contribution in [3.05, 3.63) is 35.9 Å². The molecule has 1 aromatic rings. The molecule has 23 heavy (non-hydrogen) atoms. The summed E-state index contributed by atoms with van der Waals surface area (Å²) in [7, 11) is 0. The molecule has 0 bridgehead atoms. The highest BCUT2D eigenvalue weighted by atomic mass is 16.4. The van der Waals surface area contributed by atoms with Gasteiger partial charge in [-0.3, -0.25) is 9.59 Å². The molecule has 1 amide bonds. The van der Waals surface area contributed by atoms with E-state index in [1.807, 2.05) is 24.8 Å². The van der Waals surface area contributed by atoms with Crippen molar-refractivity contribution in [1.82, 2.24) is 4.90 Å². The number of carbonyl (C=O) groups is 2. The van der Waals surface area contributed by atoms with Gasteiger partial charge in [0.2, 0.25) is 5.91 Å². The van der Waals surface area contributed by atoms with E-state index in [1.165, 1.54) is 5.56 Å². The molecule has 124 valence electrons. The lowest BCUT2D eigenvalue weighted by atomic mass is 9.90. The number of likely N-dealkylation sites (tertiary alicyclic amines) is 1. The largest absolute Gasteiger partial charge is 0.481 e. The van der Waals surface area contributed by atoms with E-state index in [2.05, 4.69) is 24.3 Å². The lowest BCUT2D eigenvalue weighted by Crippen LogP contribution is -2.40. The minimum absolute atomic E-state index is 0.0422. The summed E-state index contributed by atoms with van der Waals surface area (Å²) in [6, 6.07) is 10.5. The van der Waals surface area contributed by atoms with Gasteiger partial charge in [0, 0.05) is 13.1 Å². The fourth-order valence-electron chi connectivity index (χ4n) is 4.06. The molecule has 2 atom stereocenters. The van der Waals surface area contributed by atoms with Gasteiger partial charge in [-0.2, -0.15) is 0 Å². The summed E-state index contributed by atoms with van der Waals surface area (Å²) in [5, 5.41) is 9.24. The minimum Gasteiger partial charge on any atom is -0.481 e. The summed E-state index contributed by atoms with van der Waals surface area (Å²) in [4.78, 5) is 25.8. The van der Waals surface area contributed by atoms with Gasteiger partial charge in [-0.25, -0.2) is 0 Å². The molecule has 0 unspecified atom stereocenters. The van der Waals surface area contributed by atoms with E-state index in [0.29, 0.717) is 5.92 Å². The third-order valence-electron chi connectivity index (χ3n) is 5.65. The van der Waals surface area contributed by atoms with Gasteiger partial charge in [-0.15, -0.1) is 0 Å². The molecule has 0 spiro atoms. The van der Waals surface area contributed by atoms with Crippen molar-refractivity contribution in [1.29, 1.82) is 0 Å². The monoisotopic (exact) mass is 315 g/mol. The van der Waals surface area contributed by atoms with Gasteiger partial charge in [-0.05, 0) is 36.2 Å². The molecule has 1 saturated carbocycles. The van der Waals surface area contributed by atoms with E-state index in [-0.39, 0.29) is 11.8 Å². The van der Waals surface area contributed by atoms with Crippen LogP contribution in [0.2, 0.25) is 0 Å². The van der Waals surface area contributed by atoms with Gasteiger partial charge in [0.05, 0.1) is 11.8 Å². The standard InChI is InChI=1S/C19H25NO3/c1-19(2)15(16(19)18(22)23)17(21)20-10-8-14(9-11-20)12-13-6-4-3-5-7-13/h3-7,14-16H,8-12H2,1-2H3,(H,22,23)/t15-,16+/m1/s1. The van der Waals surface area contributed by atoms with Gasteiger partial charge in [0.25, 0.3) is 0 Å². The highest BCUT2D eigenvalue weighted by Gasteiger charge is 2.66. The first-order valence-electron chi connectivity index (χ1n) is 8.46.